The molecule has 24 heavy (non-hydrogen) atoms. The molecule has 130 valence electrons. The first-order valence-electron chi connectivity index (χ1n) is 8.40. The Kier molecular flexibility index (Phi) is 6.59. The minimum atomic E-state index is -0.151. The highest BCUT2D eigenvalue weighted by Gasteiger charge is 2.21. The van der Waals surface area contributed by atoms with Crippen molar-refractivity contribution >= 4 is 11.7 Å². The summed E-state index contributed by atoms with van der Waals surface area (Å²) < 4.78 is 0. The second-order valence-electron chi connectivity index (χ2n) is 6.56. The Morgan fingerprint density at radius 3 is 2.71 bits per heavy atom. The smallest absolute Gasteiger partial charge is 0.321 e. The summed E-state index contributed by atoms with van der Waals surface area (Å²) in [6.07, 6.45) is 2.37. The number of likely N-dealkylation sites (tertiary alicyclic amines) is 1. The van der Waals surface area contributed by atoms with Gasteiger partial charge in [-0.3, -0.25) is 0 Å². The summed E-state index contributed by atoms with van der Waals surface area (Å²) in [5.41, 5.74) is 1.19. The summed E-state index contributed by atoms with van der Waals surface area (Å²) in [7, 11) is 6.10. The Balaban J connectivity index is 1.78. The molecule has 0 aliphatic carbocycles. The minimum Gasteiger partial charge on any atom is -0.326 e. The molecule has 0 atom stereocenters. The lowest BCUT2D eigenvalue weighted by molar-refractivity contribution is 0.136. The highest BCUT2D eigenvalue weighted by atomic mass is 16.2. The van der Waals surface area contributed by atoms with Crippen molar-refractivity contribution < 1.29 is 4.79 Å². The fraction of sp³-hybridized carbons (Fsp3) is 0.556. The van der Waals surface area contributed by atoms with Crippen LogP contribution in [0.25, 0.3) is 0 Å². The van der Waals surface area contributed by atoms with Crippen LogP contribution in [0, 0.1) is 11.3 Å². The molecule has 0 saturated carbocycles. The van der Waals surface area contributed by atoms with Crippen molar-refractivity contribution in [1.29, 1.82) is 5.26 Å². The van der Waals surface area contributed by atoms with Crippen molar-refractivity contribution in [3.8, 4) is 6.07 Å². The molecular weight excluding hydrogens is 302 g/mol. The van der Waals surface area contributed by atoms with E-state index >= 15 is 0 Å². The second-order valence-corrected chi connectivity index (χ2v) is 6.56. The van der Waals surface area contributed by atoms with Gasteiger partial charge in [0.05, 0.1) is 11.6 Å². The van der Waals surface area contributed by atoms with Crippen LogP contribution in [-0.2, 0) is 0 Å². The Morgan fingerprint density at radius 1 is 1.33 bits per heavy atom. The first kappa shape index (κ1) is 18.2. The van der Waals surface area contributed by atoms with Crippen LogP contribution in [0.5, 0.6) is 0 Å². The number of carbonyl (C=O) groups is 1. The van der Waals surface area contributed by atoms with Gasteiger partial charge < -0.3 is 20.0 Å². The monoisotopic (exact) mass is 329 g/mol. The average Bonchev–Trinajstić information content (AvgIpc) is 2.60. The fourth-order valence-electron chi connectivity index (χ4n) is 2.91. The summed E-state index contributed by atoms with van der Waals surface area (Å²) in [5.74, 6) is 0. The lowest BCUT2D eigenvalue weighted by Crippen LogP contribution is -2.45. The molecule has 1 saturated heterocycles. The number of likely N-dealkylation sites (N-methyl/N-ethyl adjacent to an activating group) is 2. The number of nitrogens with zero attached hydrogens (tertiary/aromatic N) is 4. The molecular formula is C18H27N5O. The van der Waals surface area contributed by atoms with Crippen LogP contribution in [-0.4, -0.2) is 74.1 Å². The van der Waals surface area contributed by atoms with Crippen LogP contribution < -0.4 is 5.32 Å². The molecule has 1 heterocycles. The van der Waals surface area contributed by atoms with E-state index in [1.807, 2.05) is 0 Å². The van der Waals surface area contributed by atoms with E-state index in [0.29, 0.717) is 23.8 Å². The average molecular weight is 329 g/mol. The Labute approximate surface area is 144 Å². The molecule has 1 aromatic rings. The van der Waals surface area contributed by atoms with Gasteiger partial charge in [0.2, 0.25) is 0 Å². The van der Waals surface area contributed by atoms with E-state index in [9.17, 15) is 4.79 Å². The van der Waals surface area contributed by atoms with E-state index in [-0.39, 0.29) is 6.03 Å². The highest BCUT2D eigenvalue weighted by Crippen LogP contribution is 2.14. The maximum atomic E-state index is 12.3. The van der Waals surface area contributed by atoms with E-state index in [4.69, 9.17) is 5.26 Å². The molecule has 1 aliphatic heterocycles. The molecule has 6 heteroatoms. The third kappa shape index (κ3) is 5.22. The zero-order valence-corrected chi connectivity index (χ0v) is 14.8. The highest BCUT2D eigenvalue weighted by molar-refractivity contribution is 5.89. The molecule has 0 aromatic heterocycles. The molecule has 1 fully saturated rings. The number of anilines is 1. The summed E-state index contributed by atoms with van der Waals surface area (Å²) >= 11 is 0. The van der Waals surface area contributed by atoms with Crippen molar-refractivity contribution in [2.24, 2.45) is 0 Å². The maximum Gasteiger partial charge on any atom is 0.321 e. The van der Waals surface area contributed by atoms with Gasteiger partial charge in [0.1, 0.15) is 0 Å². The predicted octanol–water partition coefficient (Wildman–Crippen LogP) is 2.05. The normalized spacial score (nSPS) is 16.0. The molecule has 2 rings (SSSR count). The SMILES string of the molecule is CN1CCC(N(C)CCN(C)C(=O)Nc2cccc(C#N)c2)CC1. The molecule has 0 bridgehead atoms. The largest absolute Gasteiger partial charge is 0.326 e. The van der Waals surface area contributed by atoms with Crippen LogP contribution in [0.1, 0.15) is 18.4 Å². The molecule has 1 N–H and O–H groups in total. The van der Waals surface area contributed by atoms with Gasteiger partial charge >= 0.3 is 6.03 Å². The number of urea groups is 1. The molecule has 6 nitrogen and oxygen atoms in total. The Hall–Kier alpha value is -2.10. The number of benzene rings is 1. The molecule has 1 aliphatic rings. The van der Waals surface area contributed by atoms with E-state index in [0.717, 1.165) is 19.6 Å². The van der Waals surface area contributed by atoms with Crippen LogP contribution in [0.3, 0.4) is 0 Å². The zero-order chi connectivity index (χ0) is 17.5. The summed E-state index contributed by atoms with van der Waals surface area (Å²) in [4.78, 5) is 18.7. The van der Waals surface area contributed by atoms with Gasteiger partial charge in [0.15, 0.2) is 0 Å². The topological polar surface area (TPSA) is 62.6 Å². The summed E-state index contributed by atoms with van der Waals surface area (Å²) in [5, 5.41) is 11.7. The van der Waals surface area contributed by atoms with E-state index in [2.05, 4.69) is 35.3 Å². The number of hydrogen-bond acceptors (Lipinski definition) is 4. The van der Waals surface area contributed by atoms with Gasteiger partial charge in [-0.15, -0.1) is 0 Å². The van der Waals surface area contributed by atoms with Crippen molar-refractivity contribution in [2.45, 2.75) is 18.9 Å². The Bertz CT molecular complexity index is 589. The molecule has 0 radical (unpaired) electrons. The quantitative estimate of drug-likeness (QED) is 0.898. The third-order valence-corrected chi connectivity index (χ3v) is 4.69. The second kappa shape index (κ2) is 8.67. The zero-order valence-electron chi connectivity index (χ0n) is 14.8. The number of nitrogens with one attached hydrogen (secondary N) is 1. The lowest BCUT2D eigenvalue weighted by atomic mass is 10.0. The van der Waals surface area contributed by atoms with Crippen LogP contribution in [0.15, 0.2) is 24.3 Å². The van der Waals surface area contributed by atoms with E-state index < -0.39 is 0 Å². The first-order chi connectivity index (χ1) is 11.5. The van der Waals surface area contributed by atoms with Crippen LogP contribution >= 0.6 is 0 Å². The molecule has 0 unspecified atom stereocenters. The summed E-state index contributed by atoms with van der Waals surface area (Å²) in [6.45, 7) is 3.81. The van der Waals surface area contributed by atoms with E-state index in [1.165, 1.54) is 12.8 Å². The number of piperidine rings is 1. The number of rotatable bonds is 5. The molecule has 1 aromatic carbocycles. The maximum absolute atomic E-state index is 12.3. The van der Waals surface area contributed by atoms with Crippen molar-refractivity contribution in [3.63, 3.8) is 0 Å². The number of amides is 2. The van der Waals surface area contributed by atoms with Crippen LogP contribution in [0.4, 0.5) is 10.5 Å². The Morgan fingerprint density at radius 2 is 2.04 bits per heavy atom. The van der Waals surface area contributed by atoms with Gasteiger partial charge in [-0.25, -0.2) is 4.79 Å². The van der Waals surface area contributed by atoms with Gasteiger partial charge in [0, 0.05) is 31.9 Å². The minimum absolute atomic E-state index is 0.151. The summed E-state index contributed by atoms with van der Waals surface area (Å²) in [6, 6.07) is 9.48. The fourth-order valence-corrected chi connectivity index (χ4v) is 2.91. The first-order valence-corrected chi connectivity index (χ1v) is 8.40. The van der Waals surface area contributed by atoms with Gasteiger partial charge in [-0.2, -0.15) is 5.26 Å². The van der Waals surface area contributed by atoms with Crippen molar-refractivity contribution in [2.75, 3.05) is 52.6 Å². The number of nitriles is 1. The van der Waals surface area contributed by atoms with Crippen molar-refractivity contribution in [1.82, 2.24) is 14.7 Å². The number of carbonyl (C=O) groups excluding carboxylic acids is 1. The standard InChI is InChI=1S/C18H27N5O/c1-21-9-7-17(8-10-21)22(2)11-12-23(3)18(24)20-16-6-4-5-15(13-16)14-19/h4-6,13,17H,7-12H2,1-3H3,(H,20,24). The third-order valence-electron chi connectivity index (χ3n) is 4.69. The van der Waals surface area contributed by atoms with E-state index in [1.54, 1.807) is 36.2 Å². The van der Waals surface area contributed by atoms with Gasteiger partial charge in [-0.05, 0) is 58.2 Å². The van der Waals surface area contributed by atoms with Crippen molar-refractivity contribution in [3.05, 3.63) is 29.8 Å². The van der Waals surface area contributed by atoms with Crippen LogP contribution in [0.2, 0.25) is 0 Å². The molecule has 2 amide bonds. The lowest BCUT2D eigenvalue weighted by Gasteiger charge is -2.35. The molecule has 0 spiro atoms. The predicted molar refractivity (Wildman–Crippen MR) is 96.0 cm³/mol. The number of hydrogen-bond donors (Lipinski definition) is 1. The van der Waals surface area contributed by atoms with Gasteiger partial charge in [0.25, 0.3) is 0 Å². The van der Waals surface area contributed by atoms with Gasteiger partial charge in [-0.1, -0.05) is 6.07 Å².